The topological polar surface area (TPSA) is 0 Å². The van der Waals surface area contributed by atoms with Crippen molar-refractivity contribution in [2.24, 2.45) is 0 Å². The summed E-state index contributed by atoms with van der Waals surface area (Å²) in [5.74, 6) is 0. The lowest BCUT2D eigenvalue weighted by Crippen LogP contribution is -1.91. The van der Waals surface area contributed by atoms with Crippen molar-refractivity contribution in [2.45, 2.75) is 0 Å². The Morgan fingerprint density at radius 2 is 0.717 bits per heavy atom. The first-order valence-electron chi connectivity index (χ1n) is 18.3. The third-order valence-electron chi connectivity index (χ3n) is 11.1. The molecule has 0 nitrogen and oxygen atoms in total. The van der Waals surface area contributed by atoms with Crippen LogP contribution in [0, 0.1) is 0 Å². The van der Waals surface area contributed by atoms with Crippen molar-refractivity contribution in [1.82, 2.24) is 0 Å². The summed E-state index contributed by atoms with van der Waals surface area (Å²) in [7, 11) is 0. The van der Waals surface area contributed by atoms with Crippen LogP contribution in [-0.2, 0) is 0 Å². The summed E-state index contributed by atoms with van der Waals surface area (Å²) >= 11 is 1.90. The van der Waals surface area contributed by atoms with E-state index in [4.69, 9.17) is 0 Å². The van der Waals surface area contributed by atoms with E-state index in [0.717, 1.165) is 0 Å². The van der Waals surface area contributed by atoms with Crippen LogP contribution < -0.4 is 0 Å². The maximum Gasteiger partial charge on any atom is 0.0361 e. The maximum atomic E-state index is 2.42. The van der Waals surface area contributed by atoms with Crippen molar-refractivity contribution < 1.29 is 0 Å². The van der Waals surface area contributed by atoms with Gasteiger partial charge in [-0.1, -0.05) is 176 Å². The first-order chi connectivity index (χ1) is 26.3. The molecule has 0 saturated heterocycles. The third-order valence-corrected chi connectivity index (χ3v) is 12.2. The highest BCUT2D eigenvalue weighted by Crippen LogP contribution is 2.46. The van der Waals surface area contributed by atoms with Crippen LogP contribution in [0.3, 0.4) is 0 Å². The standard InChI is InChI=1S/C52H32S/c1-2-14-37-31-50-48(30-36(37)13-1)43-29-28-38(32-49(43)53-50)52-46-21-9-7-19-44(46)51(45-20-8-10-22-47(45)52)35-26-24-34(25-27-35)40-17-5-6-18-41(40)42-23-11-15-33-12-3-4-16-39(33)42/h1-32H. The molecular weight excluding hydrogens is 657 g/mol. The monoisotopic (exact) mass is 688 g/mol. The molecule has 11 rings (SSSR count). The quantitative estimate of drug-likeness (QED) is 0.162. The van der Waals surface area contributed by atoms with E-state index in [-0.39, 0.29) is 0 Å². The molecule has 1 aromatic heterocycles. The van der Waals surface area contributed by atoms with Gasteiger partial charge in [0.05, 0.1) is 0 Å². The number of hydrogen-bond acceptors (Lipinski definition) is 1. The van der Waals surface area contributed by atoms with Gasteiger partial charge in [0.25, 0.3) is 0 Å². The lowest BCUT2D eigenvalue weighted by Gasteiger charge is -2.18. The molecule has 0 aliphatic heterocycles. The van der Waals surface area contributed by atoms with E-state index in [0.29, 0.717) is 0 Å². The molecule has 246 valence electrons. The Balaban J connectivity index is 1.07. The van der Waals surface area contributed by atoms with Crippen LogP contribution in [0.15, 0.2) is 194 Å². The summed E-state index contributed by atoms with van der Waals surface area (Å²) in [6.07, 6.45) is 0. The molecule has 1 heteroatoms. The fraction of sp³-hybridized carbons (Fsp3) is 0. The summed E-state index contributed by atoms with van der Waals surface area (Å²) in [5, 5.41) is 12.9. The molecular formula is C52H32S. The summed E-state index contributed by atoms with van der Waals surface area (Å²) in [6, 6.07) is 71.7. The average Bonchev–Trinajstić information content (AvgIpc) is 3.58. The Bertz CT molecular complexity index is 3150. The fourth-order valence-corrected chi connectivity index (χ4v) is 9.79. The fourth-order valence-electron chi connectivity index (χ4n) is 8.61. The van der Waals surface area contributed by atoms with Gasteiger partial charge in [-0.2, -0.15) is 0 Å². The molecule has 0 N–H and O–H groups in total. The van der Waals surface area contributed by atoms with Gasteiger partial charge in [-0.05, 0) is 106 Å². The van der Waals surface area contributed by atoms with Gasteiger partial charge in [0.2, 0.25) is 0 Å². The van der Waals surface area contributed by atoms with Gasteiger partial charge < -0.3 is 0 Å². The zero-order valence-electron chi connectivity index (χ0n) is 28.9. The highest BCUT2D eigenvalue weighted by molar-refractivity contribution is 7.25. The molecule has 0 aliphatic carbocycles. The molecule has 0 amide bonds. The van der Waals surface area contributed by atoms with Gasteiger partial charge >= 0.3 is 0 Å². The average molecular weight is 689 g/mol. The minimum Gasteiger partial charge on any atom is -0.135 e. The molecule has 0 radical (unpaired) electrons. The minimum atomic E-state index is 1.21. The zero-order valence-corrected chi connectivity index (χ0v) is 29.7. The van der Waals surface area contributed by atoms with E-state index < -0.39 is 0 Å². The van der Waals surface area contributed by atoms with Crippen molar-refractivity contribution in [3.8, 4) is 44.5 Å². The van der Waals surface area contributed by atoms with Crippen LogP contribution in [0.4, 0.5) is 0 Å². The van der Waals surface area contributed by atoms with Gasteiger partial charge in [-0.15, -0.1) is 11.3 Å². The second-order valence-electron chi connectivity index (χ2n) is 14.0. The van der Waals surface area contributed by atoms with Gasteiger partial charge in [-0.25, -0.2) is 0 Å². The smallest absolute Gasteiger partial charge is 0.0361 e. The maximum absolute atomic E-state index is 2.42. The van der Waals surface area contributed by atoms with Gasteiger partial charge in [0.15, 0.2) is 0 Å². The molecule has 1 heterocycles. The molecule has 0 atom stereocenters. The Labute approximate surface area is 311 Å². The summed E-state index contributed by atoms with van der Waals surface area (Å²) in [6.45, 7) is 0. The second kappa shape index (κ2) is 12.0. The number of fused-ring (bicyclic) bond motifs is 7. The molecule has 0 spiro atoms. The SMILES string of the molecule is c1ccc(-c2cccc3ccccc23)c(-c2ccc(-c3c4ccccc4c(-c4ccc5c(c4)sc4cc6ccccc6cc45)c4ccccc34)cc2)c1. The van der Waals surface area contributed by atoms with Gasteiger partial charge in [0, 0.05) is 20.2 Å². The second-order valence-corrected chi connectivity index (χ2v) is 15.1. The Morgan fingerprint density at radius 1 is 0.245 bits per heavy atom. The van der Waals surface area contributed by atoms with Crippen LogP contribution in [0.1, 0.15) is 0 Å². The van der Waals surface area contributed by atoms with E-state index >= 15 is 0 Å². The summed E-state index contributed by atoms with van der Waals surface area (Å²) in [5.41, 5.74) is 10.0. The normalized spacial score (nSPS) is 11.8. The molecule has 10 aromatic carbocycles. The van der Waals surface area contributed by atoms with Crippen molar-refractivity contribution >= 4 is 74.6 Å². The van der Waals surface area contributed by atoms with Crippen LogP contribution >= 0.6 is 11.3 Å². The molecule has 11 aromatic rings. The van der Waals surface area contributed by atoms with Crippen LogP contribution in [0.2, 0.25) is 0 Å². The number of rotatable bonds is 4. The van der Waals surface area contributed by atoms with E-state index in [1.54, 1.807) is 0 Å². The van der Waals surface area contributed by atoms with Gasteiger partial charge in [-0.3, -0.25) is 0 Å². The Kier molecular flexibility index (Phi) is 6.83. The van der Waals surface area contributed by atoms with Crippen LogP contribution in [-0.4, -0.2) is 0 Å². The van der Waals surface area contributed by atoms with Crippen LogP contribution in [0.25, 0.3) is 108 Å². The molecule has 53 heavy (non-hydrogen) atoms. The van der Waals surface area contributed by atoms with Crippen LogP contribution in [0.5, 0.6) is 0 Å². The predicted octanol–water partition coefficient (Wildman–Crippen LogP) is 15.3. The van der Waals surface area contributed by atoms with Crippen molar-refractivity contribution in [3.05, 3.63) is 194 Å². The van der Waals surface area contributed by atoms with E-state index in [2.05, 4.69) is 194 Å². The molecule has 0 saturated carbocycles. The summed E-state index contributed by atoms with van der Waals surface area (Å²) < 4.78 is 2.66. The first kappa shape index (κ1) is 30.1. The molecule has 0 unspecified atom stereocenters. The summed E-state index contributed by atoms with van der Waals surface area (Å²) in [4.78, 5) is 0. The lowest BCUT2D eigenvalue weighted by atomic mass is 9.85. The van der Waals surface area contributed by atoms with Gasteiger partial charge in [0.1, 0.15) is 0 Å². The van der Waals surface area contributed by atoms with E-state index in [9.17, 15) is 0 Å². The Morgan fingerprint density at radius 3 is 1.42 bits per heavy atom. The van der Waals surface area contributed by atoms with E-state index in [1.165, 1.54) is 108 Å². The highest BCUT2D eigenvalue weighted by atomic mass is 32.1. The van der Waals surface area contributed by atoms with Crippen molar-refractivity contribution in [2.75, 3.05) is 0 Å². The number of thiophene rings is 1. The zero-order chi connectivity index (χ0) is 34.9. The molecule has 0 fully saturated rings. The lowest BCUT2D eigenvalue weighted by molar-refractivity contribution is 1.59. The number of benzene rings is 10. The largest absolute Gasteiger partial charge is 0.135 e. The number of hydrogen-bond donors (Lipinski definition) is 0. The van der Waals surface area contributed by atoms with Crippen molar-refractivity contribution in [3.63, 3.8) is 0 Å². The Hall–Kier alpha value is -6.54. The molecule has 0 bridgehead atoms. The van der Waals surface area contributed by atoms with Crippen molar-refractivity contribution in [1.29, 1.82) is 0 Å². The highest BCUT2D eigenvalue weighted by Gasteiger charge is 2.18. The molecule has 0 aliphatic rings. The van der Waals surface area contributed by atoms with E-state index in [1.807, 2.05) is 11.3 Å². The third kappa shape index (κ3) is 4.82. The first-order valence-corrected chi connectivity index (χ1v) is 19.1. The predicted molar refractivity (Wildman–Crippen MR) is 231 cm³/mol. The minimum absolute atomic E-state index is 1.21.